The minimum atomic E-state index is -1.09. The topological polar surface area (TPSA) is 121 Å². The number of carbonyl (C=O) groups is 2. The van der Waals surface area contributed by atoms with E-state index in [2.05, 4.69) is 27.7 Å². The Balaban J connectivity index is 0.00000100. The van der Waals surface area contributed by atoms with E-state index in [1.54, 1.807) is 12.1 Å². The van der Waals surface area contributed by atoms with E-state index in [-0.39, 0.29) is 42.1 Å². The molecule has 296 valence electrons. The van der Waals surface area contributed by atoms with Crippen LogP contribution in [0.4, 0.5) is 0 Å². The van der Waals surface area contributed by atoms with Gasteiger partial charge in [0.2, 0.25) is 0 Å². The molecule has 2 rings (SSSR count). The molecule has 0 aliphatic carbocycles. The average molecular weight is 788 g/mol. The standard InChI is InChI=1S/2C23H38O3.Zn/c2*1-3-5-7-9-11-13-15-19-17-20(16-14-12-10-8-6-4-2)22(24)21(18-19)23(25)26;/h2*17-18,24H,3-16H2,1-2H3,(H,25,26);/q;;+2/p-2. The van der Waals surface area contributed by atoms with Crippen LogP contribution in [0.2, 0.25) is 0 Å². The van der Waals surface area contributed by atoms with Crippen molar-refractivity contribution in [2.45, 2.75) is 207 Å². The van der Waals surface area contributed by atoms with Gasteiger partial charge in [-0.2, -0.15) is 0 Å². The first-order valence-corrected chi connectivity index (χ1v) is 21.3. The number of carboxylic acids is 2. The van der Waals surface area contributed by atoms with Gasteiger partial charge in [0.15, 0.2) is 0 Å². The summed E-state index contributed by atoms with van der Waals surface area (Å²) < 4.78 is 0. The summed E-state index contributed by atoms with van der Waals surface area (Å²) in [6.07, 6.45) is 31.8. The van der Waals surface area contributed by atoms with E-state index < -0.39 is 11.9 Å². The summed E-state index contributed by atoms with van der Waals surface area (Å²) >= 11 is 0. The zero-order chi connectivity index (χ0) is 38.4. The number of unbranched alkanes of at least 4 members (excludes halogenated alkanes) is 20. The molecule has 0 radical (unpaired) electrons. The van der Waals surface area contributed by atoms with Crippen molar-refractivity contribution in [2.75, 3.05) is 0 Å². The Morgan fingerprint density at radius 3 is 0.925 bits per heavy atom. The molecule has 6 nitrogen and oxygen atoms in total. The molecule has 0 atom stereocenters. The molecule has 0 fully saturated rings. The van der Waals surface area contributed by atoms with E-state index in [9.17, 15) is 30.0 Å². The molecule has 0 heterocycles. The summed E-state index contributed by atoms with van der Waals surface area (Å²) in [6.45, 7) is 8.82. The molecule has 0 saturated heterocycles. The van der Waals surface area contributed by atoms with E-state index in [0.717, 1.165) is 62.5 Å². The molecular weight excluding hydrogens is 714 g/mol. The number of aromatic carboxylic acids is 2. The van der Waals surface area contributed by atoms with Gasteiger partial charge in [-0.25, -0.2) is 9.59 Å². The van der Waals surface area contributed by atoms with Gasteiger partial charge in [0.05, 0.1) is 11.1 Å². The zero-order valence-corrected chi connectivity index (χ0v) is 37.3. The molecule has 0 aliphatic rings. The normalized spacial score (nSPS) is 10.8. The molecule has 0 unspecified atom stereocenters. The summed E-state index contributed by atoms with van der Waals surface area (Å²) in [4.78, 5) is 22.8. The van der Waals surface area contributed by atoms with Gasteiger partial charge in [-0.3, -0.25) is 0 Å². The molecule has 7 heteroatoms. The van der Waals surface area contributed by atoms with Crippen molar-refractivity contribution in [3.8, 4) is 11.5 Å². The number of hydrogen-bond donors (Lipinski definition) is 2. The third kappa shape index (κ3) is 23.2. The Labute approximate surface area is 336 Å². The maximum atomic E-state index is 12.4. The van der Waals surface area contributed by atoms with Crippen LogP contribution in [0.3, 0.4) is 0 Å². The number of carboxylic acid groups (broad SMARTS) is 2. The number of rotatable bonds is 30. The first-order valence-electron chi connectivity index (χ1n) is 21.3. The maximum Gasteiger partial charge on any atom is 2.00 e. The summed E-state index contributed by atoms with van der Waals surface area (Å²) in [5, 5.41) is 43.5. The van der Waals surface area contributed by atoms with Gasteiger partial charge in [0, 0.05) is 0 Å². The smallest absolute Gasteiger partial charge is 0.872 e. The van der Waals surface area contributed by atoms with Crippen molar-refractivity contribution in [3.63, 3.8) is 0 Å². The van der Waals surface area contributed by atoms with Crippen molar-refractivity contribution in [1.29, 1.82) is 0 Å². The van der Waals surface area contributed by atoms with E-state index >= 15 is 0 Å². The first kappa shape index (κ1) is 50.6. The van der Waals surface area contributed by atoms with Crippen LogP contribution >= 0.6 is 0 Å². The molecule has 53 heavy (non-hydrogen) atoms. The second-order valence-electron chi connectivity index (χ2n) is 14.9. The summed E-state index contributed by atoms with van der Waals surface area (Å²) in [5.74, 6) is -2.75. The Bertz CT molecular complexity index is 1150. The van der Waals surface area contributed by atoms with Crippen LogP contribution < -0.4 is 10.2 Å². The fraction of sp³-hybridized carbons (Fsp3) is 0.696. The minimum absolute atomic E-state index is 0. The summed E-state index contributed by atoms with van der Waals surface area (Å²) in [7, 11) is 0. The van der Waals surface area contributed by atoms with Gasteiger partial charge in [-0.15, -0.1) is 0 Å². The van der Waals surface area contributed by atoms with Gasteiger partial charge >= 0.3 is 31.4 Å². The Morgan fingerprint density at radius 2 is 0.660 bits per heavy atom. The number of hydrogen-bond acceptors (Lipinski definition) is 4. The third-order valence-electron chi connectivity index (χ3n) is 10.1. The SMILES string of the molecule is CCCCCCCCc1cc(CCCCCCCC)c([O-])c(C(=O)O)c1.CCCCCCCCc1cc(CCCCCCCC)c([O-])c(C(=O)O)c1.[Zn+2]. The summed E-state index contributed by atoms with van der Waals surface area (Å²) in [5.41, 5.74) is 3.32. The molecule has 2 aromatic carbocycles. The van der Waals surface area contributed by atoms with Crippen LogP contribution in [0.15, 0.2) is 24.3 Å². The predicted octanol–water partition coefficient (Wildman–Crippen LogP) is 12.5. The minimum Gasteiger partial charge on any atom is -0.872 e. The predicted molar refractivity (Wildman–Crippen MR) is 214 cm³/mol. The van der Waals surface area contributed by atoms with Crippen LogP contribution in [-0.4, -0.2) is 22.2 Å². The second-order valence-corrected chi connectivity index (χ2v) is 14.9. The van der Waals surface area contributed by atoms with Crippen molar-refractivity contribution >= 4 is 11.9 Å². The van der Waals surface area contributed by atoms with Gasteiger partial charge in [-0.1, -0.05) is 191 Å². The zero-order valence-electron chi connectivity index (χ0n) is 34.3. The van der Waals surface area contributed by atoms with E-state index in [1.165, 1.54) is 116 Å². The molecule has 0 bridgehead atoms. The van der Waals surface area contributed by atoms with Crippen LogP contribution in [0, 0.1) is 0 Å². The molecule has 0 amide bonds. The van der Waals surface area contributed by atoms with Gasteiger partial charge in [0.25, 0.3) is 0 Å². The van der Waals surface area contributed by atoms with E-state index in [0.29, 0.717) is 24.0 Å². The molecule has 2 aromatic rings. The largest absolute Gasteiger partial charge is 2.00 e. The van der Waals surface area contributed by atoms with Crippen LogP contribution in [-0.2, 0) is 45.2 Å². The Morgan fingerprint density at radius 1 is 0.415 bits per heavy atom. The monoisotopic (exact) mass is 786 g/mol. The fourth-order valence-corrected chi connectivity index (χ4v) is 6.90. The van der Waals surface area contributed by atoms with Crippen molar-refractivity contribution in [2.24, 2.45) is 0 Å². The summed E-state index contributed by atoms with van der Waals surface area (Å²) in [6, 6.07) is 7.13. The molecule has 2 N–H and O–H groups in total. The third-order valence-corrected chi connectivity index (χ3v) is 10.1. The molecule has 0 aliphatic heterocycles. The van der Waals surface area contributed by atoms with Gasteiger partial charge in [0.1, 0.15) is 0 Å². The molecule has 0 spiro atoms. The van der Waals surface area contributed by atoms with Crippen LogP contribution in [0.5, 0.6) is 11.5 Å². The van der Waals surface area contributed by atoms with Crippen molar-refractivity contribution in [3.05, 3.63) is 57.6 Å². The molecule has 0 saturated carbocycles. The van der Waals surface area contributed by atoms with Crippen LogP contribution in [0.1, 0.15) is 225 Å². The Hall–Kier alpha value is -2.40. The average Bonchev–Trinajstić information content (AvgIpc) is 3.12. The molecule has 0 aromatic heterocycles. The quantitative estimate of drug-likeness (QED) is 0.0601. The van der Waals surface area contributed by atoms with Gasteiger partial charge < -0.3 is 20.4 Å². The van der Waals surface area contributed by atoms with Gasteiger partial charge in [-0.05, 0) is 74.6 Å². The van der Waals surface area contributed by atoms with E-state index in [4.69, 9.17) is 0 Å². The van der Waals surface area contributed by atoms with Crippen LogP contribution in [0.25, 0.3) is 0 Å². The fourth-order valence-electron chi connectivity index (χ4n) is 6.90. The molecular formula is C46H74O6Zn. The number of aryl methyl sites for hydroxylation is 4. The Kier molecular flexibility index (Phi) is 31.5. The van der Waals surface area contributed by atoms with Crippen molar-refractivity contribution in [1.82, 2.24) is 0 Å². The van der Waals surface area contributed by atoms with E-state index in [1.807, 2.05) is 12.1 Å². The number of benzene rings is 2. The second kappa shape index (κ2) is 33.0. The van der Waals surface area contributed by atoms with Crippen molar-refractivity contribution < 1.29 is 49.5 Å². The first-order chi connectivity index (χ1) is 25.2. The maximum absolute atomic E-state index is 12.4.